The zero-order chi connectivity index (χ0) is 13.7. The number of nitrogens with one attached hydrogen (secondary N) is 1. The van der Waals surface area contributed by atoms with Crippen LogP contribution in [-0.2, 0) is 6.42 Å². The van der Waals surface area contributed by atoms with E-state index < -0.39 is 0 Å². The topological polar surface area (TPSA) is 25.2 Å². The van der Waals surface area contributed by atoms with E-state index in [1.807, 2.05) is 0 Å². The smallest absolute Gasteiger partial charge is 0.121 e. The summed E-state index contributed by atoms with van der Waals surface area (Å²) in [6.07, 6.45) is 7.81. The van der Waals surface area contributed by atoms with Gasteiger partial charge in [0, 0.05) is 6.42 Å². The van der Waals surface area contributed by atoms with E-state index in [0.29, 0.717) is 6.04 Å². The molecule has 1 aliphatic rings. The molecule has 1 N–H and O–H groups in total. The SMILES string of the molecule is CCNC(c1ccc(CC)o1)C1CCCCC1CC. The Morgan fingerprint density at radius 3 is 2.63 bits per heavy atom. The van der Waals surface area contributed by atoms with E-state index in [0.717, 1.165) is 36.3 Å². The van der Waals surface area contributed by atoms with Gasteiger partial charge in [0.25, 0.3) is 0 Å². The standard InChI is InChI=1S/C17H29NO/c1-4-13-9-7-8-10-15(13)17(18-6-3)16-12-11-14(5-2)19-16/h11-13,15,17-18H,4-10H2,1-3H3. The largest absolute Gasteiger partial charge is 0.464 e. The lowest BCUT2D eigenvalue weighted by Gasteiger charge is -2.36. The summed E-state index contributed by atoms with van der Waals surface area (Å²) in [7, 11) is 0. The molecule has 0 saturated heterocycles. The van der Waals surface area contributed by atoms with Gasteiger partial charge in [0.15, 0.2) is 0 Å². The first-order chi connectivity index (χ1) is 9.30. The maximum atomic E-state index is 6.03. The van der Waals surface area contributed by atoms with Crippen LogP contribution in [0.4, 0.5) is 0 Å². The van der Waals surface area contributed by atoms with Crippen molar-refractivity contribution in [3.05, 3.63) is 23.7 Å². The first-order valence-corrected chi connectivity index (χ1v) is 8.12. The van der Waals surface area contributed by atoms with Gasteiger partial charge in [-0.2, -0.15) is 0 Å². The average Bonchev–Trinajstić information content (AvgIpc) is 2.93. The molecule has 0 aromatic carbocycles. The molecule has 2 heteroatoms. The van der Waals surface area contributed by atoms with Crippen molar-refractivity contribution < 1.29 is 4.42 Å². The highest BCUT2D eigenvalue weighted by atomic mass is 16.3. The summed E-state index contributed by atoms with van der Waals surface area (Å²) in [6.45, 7) is 7.70. The molecule has 1 aliphatic carbocycles. The molecule has 3 unspecified atom stereocenters. The minimum Gasteiger partial charge on any atom is -0.464 e. The van der Waals surface area contributed by atoms with Crippen LogP contribution in [0.5, 0.6) is 0 Å². The summed E-state index contributed by atoms with van der Waals surface area (Å²) in [4.78, 5) is 0. The third-order valence-corrected chi connectivity index (χ3v) is 4.68. The second-order valence-electron chi connectivity index (χ2n) is 5.81. The molecule has 1 aromatic heterocycles. The van der Waals surface area contributed by atoms with Crippen LogP contribution in [0.3, 0.4) is 0 Å². The van der Waals surface area contributed by atoms with E-state index in [1.165, 1.54) is 32.1 Å². The number of hydrogen-bond donors (Lipinski definition) is 1. The summed E-state index contributed by atoms with van der Waals surface area (Å²) in [6, 6.07) is 4.74. The first-order valence-electron chi connectivity index (χ1n) is 8.12. The molecule has 108 valence electrons. The molecule has 1 aromatic rings. The van der Waals surface area contributed by atoms with Crippen LogP contribution in [0.1, 0.15) is 70.4 Å². The summed E-state index contributed by atoms with van der Waals surface area (Å²) < 4.78 is 6.03. The maximum Gasteiger partial charge on any atom is 0.121 e. The van der Waals surface area contributed by atoms with Gasteiger partial charge >= 0.3 is 0 Å². The zero-order valence-electron chi connectivity index (χ0n) is 12.7. The maximum absolute atomic E-state index is 6.03. The van der Waals surface area contributed by atoms with Crippen molar-refractivity contribution in [1.29, 1.82) is 0 Å². The van der Waals surface area contributed by atoms with Gasteiger partial charge in [-0.25, -0.2) is 0 Å². The molecule has 2 rings (SSSR count). The first kappa shape index (κ1) is 14.6. The van der Waals surface area contributed by atoms with Crippen molar-refractivity contribution in [1.82, 2.24) is 5.32 Å². The minimum absolute atomic E-state index is 0.413. The van der Waals surface area contributed by atoms with E-state index in [4.69, 9.17) is 4.42 Å². The molecule has 2 nitrogen and oxygen atoms in total. The van der Waals surface area contributed by atoms with Gasteiger partial charge in [-0.05, 0) is 36.9 Å². The molecule has 1 heterocycles. The summed E-state index contributed by atoms with van der Waals surface area (Å²) in [5, 5.41) is 3.68. The molecule has 0 bridgehead atoms. The highest BCUT2D eigenvalue weighted by Crippen LogP contribution is 2.40. The fourth-order valence-electron chi connectivity index (χ4n) is 3.62. The second kappa shape index (κ2) is 7.14. The molecule has 1 fully saturated rings. The Balaban J connectivity index is 2.17. The lowest BCUT2D eigenvalue weighted by molar-refractivity contribution is 0.161. The Bertz CT molecular complexity index is 371. The van der Waals surface area contributed by atoms with Crippen molar-refractivity contribution >= 4 is 0 Å². The van der Waals surface area contributed by atoms with E-state index in [9.17, 15) is 0 Å². The van der Waals surface area contributed by atoms with E-state index in [2.05, 4.69) is 38.2 Å². The Kier molecular flexibility index (Phi) is 5.50. The highest BCUT2D eigenvalue weighted by Gasteiger charge is 2.32. The molecule has 0 spiro atoms. The Hall–Kier alpha value is -0.760. The van der Waals surface area contributed by atoms with Gasteiger partial charge in [0.2, 0.25) is 0 Å². The fourth-order valence-corrected chi connectivity index (χ4v) is 3.62. The summed E-state index contributed by atoms with van der Waals surface area (Å²) in [5.41, 5.74) is 0. The van der Waals surface area contributed by atoms with Crippen LogP contribution in [0.25, 0.3) is 0 Å². The second-order valence-corrected chi connectivity index (χ2v) is 5.81. The normalized spacial score (nSPS) is 25.4. The Labute approximate surface area is 118 Å². The van der Waals surface area contributed by atoms with Crippen LogP contribution >= 0.6 is 0 Å². The van der Waals surface area contributed by atoms with Crippen LogP contribution < -0.4 is 5.32 Å². The van der Waals surface area contributed by atoms with E-state index in [1.54, 1.807) is 0 Å². The van der Waals surface area contributed by atoms with Gasteiger partial charge in [-0.15, -0.1) is 0 Å². The van der Waals surface area contributed by atoms with Crippen molar-refractivity contribution in [3.8, 4) is 0 Å². The van der Waals surface area contributed by atoms with Gasteiger partial charge in [-0.1, -0.05) is 46.5 Å². The molecule has 0 radical (unpaired) electrons. The molecule has 0 amide bonds. The average molecular weight is 263 g/mol. The fraction of sp³-hybridized carbons (Fsp3) is 0.765. The molecule has 1 saturated carbocycles. The van der Waals surface area contributed by atoms with Gasteiger partial charge in [-0.3, -0.25) is 0 Å². The predicted octanol–water partition coefficient (Wildman–Crippen LogP) is 4.71. The van der Waals surface area contributed by atoms with Crippen LogP contribution in [0, 0.1) is 11.8 Å². The van der Waals surface area contributed by atoms with Crippen molar-refractivity contribution in [3.63, 3.8) is 0 Å². The lowest BCUT2D eigenvalue weighted by atomic mass is 9.73. The molecule has 0 aliphatic heterocycles. The lowest BCUT2D eigenvalue weighted by Crippen LogP contribution is -2.34. The Morgan fingerprint density at radius 1 is 1.21 bits per heavy atom. The van der Waals surface area contributed by atoms with Crippen molar-refractivity contribution in [2.24, 2.45) is 11.8 Å². The van der Waals surface area contributed by atoms with Crippen molar-refractivity contribution in [2.45, 2.75) is 65.3 Å². The van der Waals surface area contributed by atoms with Gasteiger partial charge in [0.1, 0.15) is 11.5 Å². The zero-order valence-corrected chi connectivity index (χ0v) is 12.7. The number of rotatable bonds is 6. The van der Waals surface area contributed by atoms with Gasteiger partial charge in [0.05, 0.1) is 6.04 Å². The highest BCUT2D eigenvalue weighted by molar-refractivity contribution is 5.12. The molecule has 3 atom stereocenters. The quantitative estimate of drug-likeness (QED) is 0.804. The van der Waals surface area contributed by atoms with Crippen molar-refractivity contribution in [2.75, 3.05) is 6.54 Å². The monoisotopic (exact) mass is 263 g/mol. The number of hydrogen-bond acceptors (Lipinski definition) is 2. The third-order valence-electron chi connectivity index (χ3n) is 4.68. The summed E-state index contributed by atoms with van der Waals surface area (Å²) >= 11 is 0. The number of aryl methyl sites for hydroxylation is 1. The molecular formula is C17H29NO. The Morgan fingerprint density at radius 2 is 2.00 bits per heavy atom. The predicted molar refractivity (Wildman–Crippen MR) is 80.2 cm³/mol. The minimum atomic E-state index is 0.413. The van der Waals surface area contributed by atoms with Crippen LogP contribution in [-0.4, -0.2) is 6.54 Å². The van der Waals surface area contributed by atoms with Crippen LogP contribution in [0.2, 0.25) is 0 Å². The summed E-state index contributed by atoms with van der Waals surface area (Å²) in [5.74, 6) is 3.87. The third kappa shape index (κ3) is 3.42. The number of furan rings is 1. The van der Waals surface area contributed by atoms with E-state index in [-0.39, 0.29) is 0 Å². The van der Waals surface area contributed by atoms with E-state index >= 15 is 0 Å². The van der Waals surface area contributed by atoms with Crippen LogP contribution in [0.15, 0.2) is 16.5 Å². The molecule has 19 heavy (non-hydrogen) atoms. The van der Waals surface area contributed by atoms with Gasteiger partial charge < -0.3 is 9.73 Å². The molecular weight excluding hydrogens is 234 g/mol.